The zero-order valence-electron chi connectivity index (χ0n) is 18.2. The van der Waals surface area contributed by atoms with Gasteiger partial charge in [0.05, 0.1) is 6.61 Å². The van der Waals surface area contributed by atoms with Gasteiger partial charge in [0.1, 0.15) is 11.5 Å². The minimum atomic E-state index is -3.86. The molecule has 0 atom stereocenters. The molecular formula is C27H26O4P2. The van der Waals surface area contributed by atoms with Crippen LogP contribution in [0.2, 0.25) is 0 Å². The molecule has 0 unspecified atom stereocenters. The van der Waals surface area contributed by atoms with E-state index in [1.54, 1.807) is 24.3 Å². The van der Waals surface area contributed by atoms with Crippen LogP contribution in [-0.4, -0.2) is 12.8 Å². The third kappa shape index (κ3) is 7.04. The van der Waals surface area contributed by atoms with Crippen LogP contribution in [0.5, 0.6) is 11.5 Å². The Balaban J connectivity index is 1.44. The van der Waals surface area contributed by atoms with E-state index in [0.29, 0.717) is 11.5 Å². The van der Waals surface area contributed by atoms with E-state index in [0.717, 1.165) is 12.6 Å². The Bertz CT molecular complexity index is 1050. The van der Waals surface area contributed by atoms with Crippen molar-refractivity contribution in [3.8, 4) is 11.5 Å². The Morgan fingerprint density at radius 1 is 0.576 bits per heavy atom. The van der Waals surface area contributed by atoms with Crippen LogP contribution in [0.1, 0.15) is 6.42 Å². The lowest BCUT2D eigenvalue weighted by Crippen LogP contribution is -2.15. The quantitative estimate of drug-likeness (QED) is 0.177. The van der Waals surface area contributed by atoms with Crippen molar-refractivity contribution in [2.45, 2.75) is 6.42 Å². The smallest absolute Gasteiger partial charge is 0.395 e. The zero-order chi connectivity index (χ0) is 22.8. The predicted octanol–water partition coefficient (Wildman–Crippen LogP) is 6.79. The van der Waals surface area contributed by atoms with Crippen molar-refractivity contribution in [2.75, 3.05) is 12.8 Å². The third-order valence-corrected chi connectivity index (χ3v) is 8.81. The third-order valence-electron chi connectivity index (χ3n) is 4.83. The average Bonchev–Trinajstić information content (AvgIpc) is 2.86. The molecule has 0 heterocycles. The number of rotatable bonds is 11. The highest BCUT2D eigenvalue weighted by atomic mass is 31.2. The maximum Gasteiger partial charge on any atom is 0.587 e. The molecule has 4 nitrogen and oxygen atoms in total. The summed E-state index contributed by atoms with van der Waals surface area (Å²) in [4.78, 5) is 0. The van der Waals surface area contributed by atoms with Crippen molar-refractivity contribution in [1.29, 1.82) is 0 Å². The largest absolute Gasteiger partial charge is 0.587 e. The lowest BCUT2D eigenvalue weighted by atomic mass is 10.3. The van der Waals surface area contributed by atoms with Gasteiger partial charge in [0.2, 0.25) is 0 Å². The molecule has 0 aliphatic rings. The van der Waals surface area contributed by atoms with Crippen molar-refractivity contribution >= 4 is 26.4 Å². The summed E-state index contributed by atoms with van der Waals surface area (Å²) in [7, 11) is -4.41. The molecule has 168 valence electrons. The number of hydrogen-bond donors (Lipinski definition) is 0. The van der Waals surface area contributed by atoms with Gasteiger partial charge in [0.25, 0.3) is 0 Å². The van der Waals surface area contributed by atoms with Crippen LogP contribution in [0.15, 0.2) is 121 Å². The predicted molar refractivity (Wildman–Crippen MR) is 136 cm³/mol. The Morgan fingerprint density at radius 2 is 0.970 bits per heavy atom. The van der Waals surface area contributed by atoms with Crippen LogP contribution in [0, 0.1) is 0 Å². The van der Waals surface area contributed by atoms with Gasteiger partial charge in [-0.05, 0) is 55.4 Å². The van der Waals surface area contributed by atoms with Gasteiger partial charge in [-0.2, -0.15) is 0 Å². The molecule has 4 aromatic rings. The second kappa shape index (κ2) is 11.8. The van der Waals surface area contributed by atoms with Gasteiger partial charge in [-0.1, -0.05) is 97.1 Å². The van der Waals surface area contributed by atoms with Crippen molar-refractivity contribution in [2.24, 2.45) is 0 Å². The lowest BCUT2D eigenvalue weighted by Gasteiger charge is -2.21. The van der Waals surface area contributed by atoms with E-state index in [2.05, 4.69) is 48.5 Å². The zero-order valence-corrected chi connectivity index (χ0v) is 20.0. The van der Waals surface area contributed by atoms with Gasteiger partial charge >= 0.3 is 7.82 Å². The summed E-state index contributed by atoms with van der Waals surface area (Å²) < 4.78 is 30.7. The van der Waals surface area contributed by atoms with Crippen molar-refractivity contribution in [3.05, 3.63) is 121 Å². The molecule has 4 rings (SSSR count). The summed E-state index contributed by atoms with van der Waals surface area (Å²) in [6.45, 7) is 0.259. The Labute approximate surface area is 196 Å². The molecule has 0 saturated carbocycles. The molecule has 0 spiro atoms. The summed E-state index contributed by atoms with van der Waals surface area (Å²) in [6, 6.07) is 38.9. The molecule has 0 aliphatic heterocycles. The molecule has 4 aromatic carbocycles. The van der Waals surface area contributed by atoms with Gasteiger partial charge < -0.3 is 9.05 Å². The topological polar surface area (TPSA) is 44.8 Å². The summed E-state index contributed by atoms with van der Waals surface area (Å²) in [5.74, 6) is 0.875. The van der Waals surface area contributed by atoms with Gasteiger partial charge in [-0.15, -0.1) is 0 Å². The number of hydrogen-bond acceptors (Lipinski definition) is 4. The number of benzene rings is 4. The Hall–Kier alpha value is -2.90. The fraction of sp³-hybridized carbons (Fsp3) is 0.111. The van der Waals surface area contributed by atoms with E-state index in [1.807, 2.05) is 48.5 Å². The highest BCUT2D eigenvalue weighted by Gasteiger charge is 2.31. The van der Waals surface area contributed by atoms with Crippen molar-refractivity contribution < 1.29 is 18.1 Å². The number of phosphoric acid groups is 1. The van der Waals surface area contributed by atoms with Gasteiger partial charge in [0, 0.05) is 0 Å². The normalized spacial score (nSPS) is 11.3. The highest BCUT2D eigenvalue weighted by Crippen LogP contribution is 2.49. The second-order valence-electron chi connectivity index (χ2n) is 7.27. The van der Waals surface area contributed by atoms with Gasteiger partial charge in [0.15, 0.2) is 0 Å². The van der Waals surface area contributed by atoms with Crippen LogP contribution in [0.4, 0.5) is 0 Å². The minimum Gasteiger partial charge on any atom is -0.395 e. The monoisotopic (exact) mass is 476 g/mol. The average molecular weight is 476 g/mol. The standard InChI is InChI=1S/C27H26O4P2/c28-33(30-24-14-5-1-6-15-24,31-25-16-7-2-8-17-25)29-22-13-23-32(26-18-9-3-10-19-26)27-20-11-4-12-21-27/h1-12,14-21H,13,22-23H2. The maximum atomic E-state index is 13.5. The molecule has 0 radical (unpaired) electrons. The maximum absolute atomic E-state index is 13.5. The number of phosphoric ester groups is 1. The van der Waals surface area contributed by atoms with Crippen LogP contribution in [-0.2, 0) is 9.09 Å². The molecule has 0 N–H and O–H groups in total. The molecule has 0 aliphatic carbocycles. The SMILES string of the molecule is O=P(OCCCP(c1ccccc1)c1ccccc1)(Oc1ccccc1)Oc1ccccc1. The highest BCUT2D eigenvalue weighted by molar-refractivity contribution is 7.73. The van der Waals surface area contributed by atoms with Crippen LogP contribution in [0.3, 0.4) is 0 Å². The fourth-order valence-electron chi connectivity index (χ4n) is 3.31. The number of para-hydroxylation sites is 2. The molecule has 0 fully saturated rings. The first-order chi connectivity index (χ1) is 16.2. The van der Waals surface area contributed by atoms with E-state index in [-0.39, 0.29) is 6.61 Å². The van der Waals surface area contributed by atoms with E-state index in [1.165, 1.54) is 10.6 Å². The first-order valence-electron chi connectivity index (χ1n) is 10.8. The van der Waals surface area contributed by atoms with Gasteiger partial charge in [-0.3, -0.25) is 4.52 Å². The lowest BCUT2D eigenvalue weighted by molar-refractivity contribution is 0.210. The minimum absolute atomic E-state index is 0.259. The summed E-state index contributed by atoms with van der Waals surface area (Å²) in [5.41, 5.74) is 0. The first-order valence-corrected chi connectivity index (χ1v) is 13.8. The second-order valence-corrected chi connectivity index (χ2v) is 11.1. The Kier molecular flexibility index (Phi) is 8.33. The van der Waals surface area contributed by atoms with E-state index in [9.17, 15) is 4.57 Å². The first kappa shape index (κ1) is 23.3. The molecule has 0 bridgehead atoms. The fourth-order valence-corrected chi connectivity index (χ4v) is 6.89. The Morgan fingerprint density at radius 3 is 1.39 bits per heavy atom. The van der Waals surface area contributed by atoms with Gasteiger partial charge in [-0.25, -0.2) is 4.57 Å². The summed E-state index contributed by atoms with van der Waals surface area (Å²) in [5, 5.41) is 2.62. The van der Waals surface area contributed by atoms with Crippen molar-refractivity contribution in [3.63, 3.8) is 0 Å². The molecule has 0 saturated heterocycles. The summed E-state index contributed by atoms with van der Waals surface area (Å²) >= 11 is 0. The molecule has 0 aromatic heterocycles. The van der Waals surface area contributed by atoms with Crippen molar-refractivity contribution in [1.82, 2.24) is 0 Å². The van der Waals surface area contributed by atoms with Crippen LogP contribution >= 0.6 is 15.7 Å². The molecule has 6 heteroatoms. The molecular weight excluding hydrogens is 450 g/mol. The van der Waals surface area contributed by atoms with E-state index < -0.39 is 15.7 Å². The van der Waals surface area contributed by atoms with Crippen LogP contribution < -0.4 is 19.7 Å². The summed E-state index contributed by atoms with van der Waals surface area (Å²) in [6.07, 6.45) is 1.62. The van der Waals surface area contributed by atoms with Crippen LogP contribution in [0.25, 0.3) is 0 Å². The van der Waals surface area contributed by atoms with E-state index in [4.69, 9.17) is 13.6 Å². The van der Waals surface area contributed by atoms with E-state index >= 15 is 0 Å². The molecule has 33 heavy (non-hydrogen) atoms. The molecule has 0 amide bonds.